The molecule has 3 aromatic rings. The van der Waals surface area contributed by atoms with Gasteiger partial charge in [0.1, 0.15) is 11.8 Å². The Hall–Kier alpha value is -4.15. The zero-order valence-corrected chi connectivity index (χ0v) is 24.6. The van der Waals surface area contributed by atoms with Crippen molar-refractivity contribution in [3.8, 4) is 5.75 Å². The van der Waals surface area contributed by atoms with Crippen LogP contribution in [0.5, 0.6) is 5.75 Å². The Morgan fingerprint density at radius 2 is 1.69 bits per heavy atom. The Balaban J connectivity index is 1.50. The van der Waals surface area contributed by atoms with Crippen LogP contribution in [0.1, 0.15) is 39.5 Å². The van der Waals surface area contributed by atoms with Crippen molar-refractivity contribution in [2.24, 2.45) is 0 Å². The van der Waals surface area contributed by atoms with Crippen molar-refractivity contribution in [1.82, 2.24) is 15.5 Å². The van der Waals surface area contributed by atoms with Crippen LogP contribution in [0, 0.1) is 13.8 Å². The molecule has 1 heterocycles. The lowest BCUT2D eigenvalue weighted by molar-refractivity contribution is -0.146. The topological polar surface area (TPSA) is 125 Å². The summed E-state index contributed by atoms with van der Waals surface area (Å²) in [6.45, 7) is 5.24. The lowest BCUT2D eigenvalue weighted by Crippen LogP contribution is -2.56. The van der Waals surface area contributed by atoms with Gasteiger partial charge in [0.15, 0.2) is 6.10 Å². The molecule has 3 aromatic carbocycles. The van der Waals surface area contributed by atoms with Crippen molar-refractivity contribution in [3.63, 3.8) is 0 Å². The van der Waals surface area contributed by atoms with E-state index in [1.165, 1.54) is 23.6 Å². The summed E-state index contributed by atoms with van der Waals surface area (Å²) in [5, 5.41) is 17.1. The molecule has 0 saturated carbocycles. The number of esters is 1. The normalized spacial score (nSPS) is 15.9. The van der Waals surface area contributed by atoms with Gasteiger partial charge in [-0.1, -0.05) is 66.2 Å². The zero-order valence-electron chi connectivity index (χ0n) is 23.8. The van der Waals surface area contributed by atoms with E-state index in [-0.39, 0.29) is 29.5 Å². The van der Waals surface area contributed by atoms with E-state index in [1.807, 2.05) is 61.5 Å². The molecule has 1 saturated heterocycles. The number of rotatable bonds is 10. The van der Waals surface area contributed by atoms with Crippen molar-refractivity contribution >= 4 is 35.5 Å². The molecule has 10 heteroatoms. The number of amides is 3. The maximum Gasteiger partial charge on any atom is 0.308 e. The van der Waals surface area contributed by atoms with Crippen LogP contribution in [0.3, 0.4) is 0 Å². The van der Waals surface area contributed by atoms with E-state index >= 15 is 0 Å². The summed E-state index contributed by atoms with van der Waals surface area (Å²) >= 11 is 1.43. The van der Waals surface area contributed by atoms with Crippen LogP contribution < -0.4 is 15.4 Å². The second kappa shape index (κ2) is 14.2. The van der Waals surface area contributed by atoms with E-state index in [1.54, 1.807) is 25.1 Å². The molecule has 1 fully saturated rings. The van der Waals surface area contributed by atoms with Gasteiger partial charge in [-0.25, -0.2) is 0 Å². The van der Waals surface area contributed by atoms with Crippen LogP contribution >= 0.6 is 11.8 Å². The first-order valence-corrected chi connectivity index (χ1v) is 14.8. The number of nitrogens with one attached hydrogen (secondary N) is 2. The molecule has 0 radical (unpaired) electrons. The molecule has 0 spiro atoms. The highest BCUT2D eigenvalue weighted by Gasteiger charge is 2.40. The number of carbonyl (C=O) groups excluding carboxylic acids is 4. The Morgan fingerprint density at radius 3 is 2.38 bits per heavy atom. The molecule has 220 valence electrons. The molecule has 1 aliphatic heterocycles. The minimum absolute atomic E-state index is 0.174. The van der Waals surface area contributed by atoms with E-state index in [2.05, 4.69) is 10.6 Å². The average molecular weight is 590 g/mol. The molecular formula is C32H35N3O6S. The van der Waals surface area contributed by atoms with E-state index in [0.717, 1.165) is 16.7 Å². The van der Waals surface area contributed by atoms with Crippen molar-refractivity contribution in [2.45, 2.75) is 51.9 Å². The highest BCUT2D eigenvalue weighted by Crippen LogP contribution is 2.25. The highest BCUT2D eigenvalue weighted by atomic mass is 32.2. The smallest absolute Gasteiger partial charge is 0.308 e. The summed E-state index contributed by atoms with van der Waals surface area (Å²) in [7, 11) is 0. The first-order valence-electron chi connectivity index (χ1n) is 13.7. The minimum atomic E-state index is -1.61. The van der Waals surface area contributed by atoms with Crippen molar-refractivity contribution in [3.05, 3.63) is 101 Å². The number of hydrogen-bond donors (Lipinski definition) is 3. The van der Waals surface area contributed by atoms with Crippen molar-refractivity contribution < 1.29 is 29.0 Å². The average Bonchev–Trinajstić information content (AvgIpc) is 3.47. The minimum Gasteiger partial charge on any atom is -0.426 e. The number of aliphatic hydroxyl groups excluding tert-OH is 1. The largest absolute Gasteiger partial charge is 0.426 e. The lowest BCUT2D eigenvalue weighted by atomic mass is 9.98. The molecule has 0 bridgehead atoms. The summed E-state index contributed by atoms with van der Waals surface area (Å²) in [5.41, 5.74) is 3.56. The van der Waals surface area contributed by atoms with Gasteiger partial charge in [0, 0.05) is 30.3 Å². The molecule has 3 amide bonds. The molecule has 1 aliphatic rings. The summed E-state index contributed by atoms with van der Waals surface area (Å²) in [6.07, 6.45) is -1.44. The van der Waals surface area contributed by atoms with Crippen LogP contribution in [0.25, 0.3) is 0 Å². The third kappa shape index (κ3) is 7.77. The number of benzene rings is 3. The van der Waals surface area contributed by atoms with Gasteiger partial charge in [0.2, 0.25) is 5.91 Å². The summed E-state index contributed by atoms with van der Waals surface area (Å²) < 4.78 is 5.21. The Kier molecular flexibility index (Phi) is 10.4. The predicted molar refractivity (Wildman–Crippen MR) is 161 cm³/mol. The molecule has 4 rings (SSSR count). The number of ether oxygens (including phenoxy) is 1. The lowest BCUT2D eigenvalue weighted by Gasteiger charge is -2.30. The summed E-state index contributed by atoms with van der Waals surface area (Å²) in [4.78, 5) is 53.0. The summed E-state index contributed by atoms with van der Waals surface area (Å²) in [6, 6.07) is 20.0. The first-order chi connectivity index (χ1) is 20.1. The monoisotopic (exact) mass is 589 g/mol. The van der Waals surface area contributed by atoms with Crippen LogP contribution in [0.4, 0.5) is 0 Å². The summed E-state index contributed by atoms with van der Waals surface area (Å²) in [5.74, 6) is -1.09. The number of aryl methyl sites for hydroxylation is 1. The fourth-order valence-corrected chi connectivity index (χ4v) is 5.88. The van der Waals surface area contributed by atoms with Crippen molar-refractivity contribution in [1.29, 1.82) is 0 Å². The van der Waals surface area contributed by atoms with Gasteiger partial charge in [-0.15, -0.1) is 11.8 Å². The fourth-order valence-electron chi connectivity index (χ4n) is 4.71. The number of hydrogen-bond acceptors (Lipinski definition) is 7. The zero-order chi connectivity index (χ0) is 30.2. The molecule has 0 aromatic heterocycles. The molecule has 3 atom stereocenters. The highest BCUT2D eigenvalue weighted by molar-refractivity contribution is 7.99. The van der Waals surface area contributed by atoms with Crippen LogP contribution in [-0.2, 0) is 27.3 Å². The molecule has 0 aliphatic carbocycles. The third-order valence-electron chi connectivity index (χ3n) is 7.09. The maximum atomic E-state index is 13.6. The number of nitrogens with zero attached hydrogens (tertiary/aromatic N) is 1. The molecule has 3 N–H and O–H groups in total. The third-order valence-corrected chi connectivity index (χ3v) is 8.10. The van der Waals surface area contributed by atoms with Crippen LogP contribution in [-0.4, -0.2) is 63.5 Å². The van der Waals surface area contributed by atoms with E-state index in [0.29, 0.717) is 17.9 Å². The quantitative estimate of drug-likeness (QED) is 0.245. The van der Waals surface area contributed by atoms with Crippen LogP contribution in [0.15, 0.2) is 72.8 Å². The number of thioether (sulfide) groups is 1. The maximum absolute atomic E-state index is 13.6. The molecule has 9 nitrogen and oxygen atoms in total. The van der Waals surface area contributed by atoms with Gasteiger partial charge in [0.25, 0.3) is 11.8 Å². The molecular weight excluding hydrogens is 554 g/mol. The fraction of sp³-hybridized carbons (Fsp3) is 0.312. The molecule has 0 unspecified atom stereocenters. The first kappa shape index (κ1) is 30.8. The number of aliphatic hydroxyl groups is 1. The second-order valence-corrected chi connectivity index (χ2v) is 11.3. The number of carbonyl (C=O) groups is 4. The van der Waals surface area contributed by atoms with Crippen molar-refractivity contribution in [2.75, 3.05) is 11.6 Å². The van der Waals surface area contributed by atoms with Gasteiger partial charge < -0.3 is 25.4 Å². The Morgan fingerprint density at radius 1 is 0.976 bits per heavy atom. The Bertz CT molecular complexity index is 1430. The van der Waals surface area contributed by atoms with E-state index in [4.69, 9.17) is 4.74 Å². The van der Waals surface area contributed by atoms with Gasteiger partial charge >= 0.3 is 5.97 Å². The van der Waals surface area contributed by atoms with Gasteiger partial charge in [-0.2, -0.15) is 0 Å². The van der Waals surface area contributed by atoms with Gasteiger partial charge in [0.05, 0.1) is 11.9 Å². The second-order valence-electron chi connectivity index (χ2n) is 10.3. The predicted octanol–water partition coefficient (Wildman–Crippen LogP) is 3.15. The Labute approximate surface area is 249 Å². The molecule has 42 heavy (non-hydrogen) atoms. The standard InChI is InChI=1S/C32H35N3O6S/c1-20-12-14-24(15-13-20)17-33-31(39)27-18-42-19-35(27)32(40)29(37)26(16-23-8-5-4-6-9-23)34-30(38)25-10-7-11-28(21(25)2)41-22(3)36/h4-15,26-27,29,37H,16-19H2,1-3H3,(H,33,39)(H,34,38)/t26-,27-,29-/m0/s1. The van der Waals surface area contributed by atoms with E-state index < -0.39 is 36.0 Å². The van der Waals surface area contributed by atoms with Gasteiger partial charge in [-0.05, 0) is 43.5 Å². The van der Waals surface area contributed by atoms with E-state index in [9.17, 15) is 24.3 Å². The van der Waals surface area contributed by atoms with Crippen LogP contribution in [0.2, 0.25) is 0 Å². The SMILES string of the molecule is CC(=O)Oc1cccc(C(=O)N[C@@H](Cc2ccccc2)[C@H](O)C(=O)N2CSC[C@H]2C(=O)NCc2ccc(C)cc2)c1C. The van der Waals surface area contributed by atoms with Gasteiger partial charge in [-0.3, -0.25) is 19.2 Å².